The first kappa shape index (κ1) is 20.3. The summed E-state index contributed by atoms with van der Waals surface area (Å²) in [6.45, 7) is 3.90. The highest BCUT2D eigenvalue weighted by Gasteiger charge is 2.02. The minimum Gasteiger partial charge on any atom is -0.357 e. The van der Waals surface area contributed by atoms with Gasteiger partial charge in [0.15, 0.2) is 5.96 Å². The maximum atomic E-state index is 8.94. The molecule has 0 spiro atoms. The number of aliphatic imine (C=N–C) groups is 1. The molecule has 2 aromatic carbocycles. The highest BCUT2D eigenvalue weighted by Crippen LogP contribution is 2.14. The molecule has 2 N–H and O–H groups in total. The summed E-state index contributed by atoms with van der Waals surface area (Å²) in [5, 5.41) is 16.1. The summed E-state index contributed by atoms with van der Waals surface area (Å²) >= 11 is 6.16. The van der Waals surface area contributed by atoms with Crippen LogP contribution in [0, 0.1) is 11.3 Å². The number of nitrogens with one attached hydrogen (secondary N) is 2. The van der Waals surface area contributed by atoms with Gasteiger partial charge in [0.25, 0.3) is 0 Å². The molecule has 0 amide bonds. The third-order valence-corrected chi connectivity index (χ3v) is 3.59. The normalized spacial score (nSPS) is 10.5. The Morgan fingerprint density at radius 2 is 1.96 bits per heavy atom. The van der Waals surface area contributed by atoms with E-state index in [0.717, 1.165) is 28.7 Å². The zero-order chi connectivity index (χ0) is 16.5. The lowest BCUT2D eigenvalue weighted by Gasteiger charge is -2.12. The molecule has 126 valence electrons. The molecule has 0 aliphatic rings. The Hall–Kier alpha value is -1.78. The summed E-state index contributed by atoms with van der Waals surface area (Å²) in [4.78, 5) is 4.55. The van der Waals surface area contributed by atoms with Gasteiger partial charge in [0.05, 0.1) is 18.2 Å². The van der Waals surface area contributed by atoms with Gasteiger partial charge in [-0.3, -0.25) is 0 Å². The monoisotopic (exact) mass is 454 g/mol. The van der Waals surface area contributed by atoms with Gasteiger partial charge in [0.1, 0.15) is 0 Å². The SMILES string of the molecule is CCNC(=NCc1cccc(C#N)c1)NCc1ccccc1Cl.I. The number of nitrogens with zero attached hydrogens (tertiary/aromatic N) is 2. The molecule has 24 heavy (non-hydrogen) atoms. The van der Waals surface area contributed by atoms with Crippen molar-refractivity contribution in [3.63, 3.8) is 0 Å². The second-order valence-corrected chi connectivity index (χ2v) is 5.36. The Morgan fingerprint density at radius 3 is 2.67 bits per heavy atom. The number of nitriles is 1. The van der Waals surface area contributed by atoms with Gasteiger partial charge in [-0.2, -0.15) is 5.26 Å². The first-order valence-electron chi connectivity index (χ1n) is 7.47. The van der Waals surface area contributed by atoms with E-state index in [9.17, 15) is 0 Å². The van der Waals surface area contributed by atoms with Crippen LogP contribution < -0.4 is 10.6 Å². The molecule has 0 radical (unpaired) electrons. The smallest absolute Gasteiger partial charge is 0.191 e. The number of guanidine groups is 1. The minimum absolute atomic E-state index is 0. The third kappa shape index (κ3) is 6.38. The standard InChI is InChI=1S/C18H19ClN4.HI/c1-2-21-18(23-13-16-8-3-4-9-17(16)19)22-12-15-7-5-6-14(10-15)11-20;/h3-10H,2,12-13H2,1H3,(H2,21,22,23);1H. The fourth-order valence-corrected chi connectivity index (χ4v) is 2.27. The number of benzene rings is 2. The van der Waals surface area contributed by atoms with Gasteiger partial charge in [-0.15, -0.1) is 24.0 Å². The van der Waals surface area contributed by atoms with Crippen LogP contribution in [0.25, 0.3) is 0 Å². The molecule has 0 saturated carbocycles. The van der Waals surface area contributed by atoms with Gasteiger partial charge < -0.3 is 10.6 Å². The molecule has 0 aliphatic carbocycles. The molecule has 0 aromatic heterocycles. The van der Waals surface area contributed by atoms with Gasteiger partial charge in [-0.1, -0.05) is 41.9 Å². The molecule has 0 atom stereocenters. The lowest BCUT2D eigenvalue weighted by molar-refractivity contribution is 0.816. The van der Waals surface area contributed by atoms with Crippen molar-refractivity contribution in [3.8, 4) is 6.07 Å². The fourth-order valence-electron chi connectivity index (χ4n) is 2.07. The summed E-state index contributed by atoms with van der Waals surface area (Å²) in [7, 11) is 0. The van der Waals surface area contributed by atoms with Crippen molar-refractivity contribution in [3.05, 3.63) is 70.2 Å². The zero-order valence-electron chi connectivity index (χ0n) is 13.4. The van der Waals surface area contributed by atoms with Crippen LogP contribution in [-0.2, 0) is 13.1 Å². The largest absolute Gasteiger partial charge is 0.357 e. The van der Waals surface area contributed by atoms with Crippen LogP contribution in [0.2, 0.25) is 5.02 Å². The molecule has 2 aromatic rings. The Labute approximate surface area is 165 Å². The van der Waals surface area contributed by atoms with Gasteiger partial charge in [0, 0.05) is 18.1 Å². The van der Waals surface area contributed by atoms with Crippen LogP contribution in [0.4, 0.5) is 0 Å². The van der Waals surface area contributed by atoms with E-state index in [4.69, 9.17) is 16.9 Å². The van der Waals surface area contributed by atoms with Crippen molar-refractivity contribution >= 4 is 41.5 Å². The van der Waals surface area contributed by atoms with E-state index in [2.05, 4.69) is 21.7 Å². The van der Waals surface area contributed by atoms with Crippen LogP contribution in [-0.4, -0.2) is 12.5 Å². The molecule has 4 nitrogen and oxygen atoms in total. The van der Waals surface area contributed by atoms with E-state index in [-0.39, 0.29) is 24.0 Å². The van der Waals surface area contributed by atoms with E-state index in [1.807, 2.05) is 49.4 Å². The highest BCUT2D eigenvalue weighted by molar-refractivity contribution is 14.0. The van der Waals surface area contributed by atoms with Crippen molar-refractivity contribution < 1.29 is 0 Å². The number of hydrogen-bond donors (Lipinski definition) is 2. The average molecular weight is 455 g/mol. The summed E-state index contributed by atoms with van der Waals surface area (Å²) in [6.07, 6.45) is 0. The van der Waals surface area contributed by atoms with Gasteiger partial charge in [-0.05, 0) is 36.2 Å². The van der Waals surface area contributed by atoms with Gasteiger partial charge in [-0.25, -0.2) is 4.99 Å². The molecule has 0 saturated heterocycles. The van der Waals surface area contributed by atoms with Gasteiger partial charge in [0.2, 0.25) is 0 Å². The predicted octanol–water partition coefficient (Wildman–Crippen LogP) is 4.08. The highest BCUT2D eigenvalue weighted by atomic mass is 127. The topological polar surface area (TPSA) is 60.2 Å². The van der Waals surface area contributed by atoms with Crippen LogP contribution >= 0.6 is 35.6 Å². The molecule has 0 aliphatic heterocycles. The Bertz CT molecular complexity index is 725. The molecule has 0 unspecified atom stereocenters. The minimum atomic E-state index is 0. The Kier molecular flexibility index (Phi) is 9.20. The molecule has 0 bridgehead atoms. The Balaban J connectivity index is 0.00000288. The lowest BCUT2D eigenvalue weighted by Crippen LogP contribution is -2.36. The lowest BCUT2D eigenvalue weighted by atomic mass is 10.1. The number of rotatable bonds is 5. The third-order valence-electron chi connectivity index (χ3n) is 3.22. The van der Waals surface area contributed by atoms with E-state index < -0.39 is 0 Å². The fraction of sp³-hybridized carbons (Fsp3) is 0.222. The van der Waals surface area contributed by atoms with Crippen LogP contribution in [0.3, 0.4) is 0 Å². The van der Waals surface area contributed by atoms with Crippen LogP contribution in [0.1, 0.15) is 23.6 Å². The summed E-state index contributed by atoms with van der Waals surface area (Å²) < 4.78 is 0. The zero-order valence-corrected chi connectivity index (χ0v) is 16.5. The van der Waals surface area contributed by atoms with E-state index in [1.165, 1.54) is 0 Å². The maximum absolute atomic E-state index is 8.94. The average Bonchev–Trinajstić information content (AvgIpc) is 2.59. The molecular weight excluding hydrogens is 435 g/mol. The van der Waals surface area contributed by atoms with Crippen molar-refractivity contribution in [1.82, 2.24) is 10.6 Å². The second kappa shape index (κ2) is 10.9. The summed E-state index contributed by atoms with van der Waals surface area (Å²) in [5.41, 5.74) is 2.66. The van der Waals surface area contributed by atoms with Crippen LogP contribution in [0.5, 0.6) is 0 Å². The van der Waals surface area contributed by atoms with E-state index in [1.54, 1.807) is 6.07 Å². The first-order chi connectivity index (χ1) is 11.2. The predicted molar refractivity (Wildman–Crippen MR) is 110 cm³/mol. The quantitative estimate of drug-likeness (QED) is 0.406. The molecule has 2 rings (SSSR count). The molecular formula is C18H20ClIN4. The maximum Gasteiger partial charge on any atom is 0.191 e. The summed E-state index contributed by atoms with van der Waals surface area (Å²) in [5.74, 6) is 0.717. The number of halogens is 2. The van der Waals surface area contributed by atoms with E-state index >= 15 is 0 Å². The van der Waals surface area contributed by atoms with Gasteiger partial charge >= 0.3 is 0 Å². The van der Waals surface area contributed by atoms with Crippen LogP contribution in [0.15, 0.2) is 53.5 Å². The Morgan fingerprint density at radius 1 is 1.17 bits per heavy atom. The van der Waals surface area contributed by atoms with E-state index in [0.29, 0.717) is 18.7 Å². The second-order valence-electron chi connectivity index (χ2n) is 4.95. The van der Waals surface area contributed by atoms with Crippen molar-refractivity contribution in [2.45, 2.75) is 20.0 Å². The van der Waals surface area contributed by atoms with Crippen molar-refractivity contribution in [2.24, 2.45) is 4.99 Å². The van der Waals surface area contributed by atoms with Crippen molar-refractivity contribution in [2.75, 3.05) is 6.54 Å². The molecule has 6 heteroatoms. The molecule has 0 fully saturated rings. The van der Waals surface area contributed by atoms with Crippen molar-refractivity contribution in [1.29, 1.82) is 5.26 Å². The number of hydrogen-bond acceptors (Lipinski definition) is 2. The first-order valence-corrected chi connectivity index (χ1v) is 7.85. The summed E-state index contributed by atoms with van der Waals surface area (Å²) in [6, 6.07) is 17.3. The molecule has 0 heterocycles.